The second-order valence-corrected chi connectivity index (χ2v) is 7.34. The zero-order valence-electron chi connectivity index (χ0n) is 13.9. The lowest BCUT2D eigenvalue weighted by atomic mass is 9.90. The van der Waals surface area contributed by atoms with Crippen LogP contribution in [-0.4, -0.2) is 36.1 Å². The topological polar surface area (TPSA) is 15.3 Å². The molecule has 2 atom stereocenters. The predicted octanol–water partition coefficient (Wildman–Crippen LogP) is 3.39. The lowest BCUT2D eigenvalue weighted by Gasteiger charge is -2.46. The SMILES string of the molecule is CCC1CNC(C)(C2CC2)CN1CCc1cccc(C)c1. The molecule has 2 nitrogen and oxygen atoms in total. The molecule has 1 heterocycles. The van der Waals surface area contributed by atoms with Crippen LogP contribution in [0.2, 0.25) is 0 Å². The minimum absolute atomic E-state index is 0.359. The third-order valence-electron chi connectivity index (χ3n) is 5.51. The third kappa shape index (κ3) is 3.49. The van der Waals surface area contributed by atoms with Crippen LogP contribution in [0, 0.1) is 12.8 Å². The summed E-state index contributed by atoms with van der Waals surface area (Å²) in [5, 5.41) is 3.85. The maximum Gasteiger partial charge on any atom is 0.0309 e. The van der Waals surface area contributed by atoms with Crippen molar-refractivity contribution < 1.29 is 0 Å². The summed E-state index contributed by atoms with van der Waals surface area (Å²) < 4.78 is 0. The standard InChI is InChI=1S/C19H30N2/c1-4-18-13-20-19(3,17-8-9-17)14-21(18)11-10-16-7-5-6-15(2)12-16/h5-7,12,17-18,20H,4,8-11,13-14H2,1-3H3. The molecule has 1 N–H and O–H groups in total. The van der Waals surface area contributed by atoms with Crippen LogP contribution in [-0.2, 0) is 6.42 Å². The summed E-state index contributed by atoms with van der Waals surface area (Å²) in [5.41, 5.74) is 3.22. The van der Waals surface area contributed by atoms with Gasteiger partial charge in [-0.3, -0.25) is 4.90 Å². The molecule has 0 radical (unpaired) electrons. The van der Waals surface area contributed by atoms with Gasteiger partial charge in [0.05, 0.1) is 0 Å². The van der Waals surface area contributed by atoms with E-state index < -0.39 is 0 Å². The first-order chi connectivity index (χ1) is 10.1. The molecule has 0 spiro atoms. The molecule has 1 aliphatic heterocycles. The number of benzene rings is 1. The average molecular weight is 286 g/mol. The minimum Gasteiger partial charge on any atom is -0.308 e. The summed E-state index contributed by atoms with van der Waals surface area (Å²) in [4.78, 5) is 2.75. The van der Waals surface area contributed by atoms with E-state index in [0.717, 1.165) is 12.5 Å². The van der Waals surface area contributed by atoms with E-state index in [4.69, 9.17) is 0 Å². The molecule has 0 amide bonds. The van der Waals surface area contributed by atoms with Crippen LogP contribution in [0.3, 0.4) is 0 Å². The number of piperazine rings is 1. The average Bonchev–Trinajstić information content (AvgIpc) is 3.30. The Hall–Kier alpha value is -0.860. The summed E-state index contributed by atoms with van der Waals surface area (Å²) in [6, 6.07) is 9.70. The quantitative estimate of drug-likeness (QED) is 0.892. The summed E-state index contributed by atoms with van der Waals surface area (Å²) in [6.45, 7) is 10.5. The van der Waals surface area contributed by atoms with Crippen molar-refractivity contribution in [3.63, 3.8) is 0 Å². The van der Waals surface area contributed by atoms with Gasteiger partial charge < -0.3 is 5.32 Å². The fraction of sp³-hybridized carbons (Fsp3) is 0.684. The van der Waals surface area contributed by atoms with Gasteiger partial charge in [0.2, 0.25) is 0 Å². The fourth-order valence-corrected chi connectivity index (χ4v) is 3.89. The monoisotopic (exact) mass is 286 g/mol. The van der Waals surface area contributed by atoms with Crippen LogP contribution in [0.25, 0.3) is 0 Å². The first-order valence-electron chi connectivity index (χ1n) is 8.65. The zero-order valence-corrected chi connectivity index (χ0v) is 13.9. The summed E-state index contributed by atoms with van der Waals surface area (Å²) in [7, 11) is 0. The molecule has 2 aliphatic rings. The maximum absolute atomic E-state index is 3.85. The summed E-state index contributed by atoms with van der Waals surface area (Å²) >= 11 is 0. The van der Waals surface area contributed by atoms with Crippen molar-refractivity contribution in [1.29, 1.82) is 0 Å². The molecule has 116 valence electrons. The lowest BCUT2D eigenvalue weighted by molar-refractivity contribution is 0.0739. The molecule has 2 heteroatoms. The molecular formula is C19H30N2. The van der Waals surface area contributed by atoms with E-state index in [1.807, 2.05) is 0 Å². The second kappa shape index (κ2) is 6.10. The van der Waals surface area contributed by atoms with Gasteiger partial charge in [-0.25, -0.2) is 0 Å². The molecule has 1 saturated heterocycles. The Labute approximate surface area is 129 Å². The van der Waals surface area contributed by atoms with Crippen molar-refractivity contribution in [1.82, 2.24) is 10.2 Å². The fourth-order valence-electron chi connectivity index (χ4n) is 3.89. The Morgan fingerprint density at radius 2 is 2.14 bits per heavy atom. The highest BCUT2D eigenvalue weighted by molar-refractivity contribution is 5.22. The van der Waals surface area contributed by atoms with Gasteiger partial charge in [-0.05, 0) is 51.0 Å². The Morgan fingerprint density at radius 3 is 2.81 bits per heavy atom. The van der Waals surface area contributed by atoms with Gasteiger partial charge in [-0.1, -0.05) is 36.8 Å². The highest BCUT2D eigenvalue weighted by Crippen LogP contribution is 2.41. The molecule has 1 aromatic rings. The number of aryl methyl sites for hydroxylation is 1. The molecular weight excluding hydrogens is 256 g/mol. The first-order valence-corrected chi connectivity index (χ1v) is 8.65. The number of nitrogens with zero attached hydrogens (tertiary/aromatic N) is 1. The number of hydrogen-bond acceptors (Lipinski definition) is 2. The van der Waals surface area contributed by atoms with Crippen molar-refractivity contribution in [2.75, 3.05) is 19.6 Å². The van der Waals surface area contributed by atoms with Gasteiger partial charge in [0.25, 0.3) is 0 Å². The van der Waals surface area contributed by atoms with Gasteiger partial charge in [-0.15, -0.1) is 0 Å². The van der Waals surface area contributed by atoms with Crippen LogP contribution in [0.4, 0.5) is 0 Å². The molecule has 1 aliphatic carbocycles. The van der Waals surface area contributed by atoms with E-state index in [-0.39, 0.29) is 0 Å². The van der Waals surface area contributed by atoms with E-state index in [9.17, 15) is 0 Å². The summed E-state index contributed by atoms with van der Waals surface area (Å²) in [6.07, 6.45) is 5.28. The van der Waals surface area contributed by atoms with Gasteiger partial charge >= 0.3 is 0 Å². The Bertz CT molecular complexity index is 480. The highest BCUT2D eigenvalue weighted by atomic mass is 15.3. The molecule has 1 saturated carbocycles. The van der Waals surface area contributed by atoms with Crippen LogP contribution in [0.1, 0.15) is 44.2 Å². The van der Waals surface area contributed by atoms with Crippen LogP contribution in [0.5, 0.6) is 0 Å². The van der Waals surface area contributed by atoms with E-state index in [2.05, 4.69) is 55.3 Å². The predicted molar refractivity (Wildman–Crippen MR) is 89.7 cm³/mol. The minimum atomic E-state index is 0.359. The van der Waals surface area contributed by atoms with Gasteiger partial charge in [0, 0.05) is 31.2 Å². The van der Waals surface area contributed by atoms with Gasteiger partial charge in [0.15, 0.2) is 0 Å². The Kier molecular flexibility index (Phi) is 4.37. The molecule has 0 bridgehead atoms. The third-order valence-corrected chi connectivity index (χ3v) is 5.51. The van der Waals surface area contributed by atoms with Crippen molar-refractivity contribution in [2.45, 2.75) is 58.0 Å². The van der Waals surface area contributed by atoms with E-state index in [0.29, 0.717) is 11.6 Å². The van der Waals surface area contributed by atoms with E-state index in [1.165, 1.54) is 49.9 Å². The maximum atomic E-state index is 3.85. The number of rotatable bonds is 5. The molecule has 0 aromatic heterocycles. The number of nitrogens with one attached hydrogen (secondary N) is 1. The summed E-state index contributed by atoms with van der Waals surface area (Å²) in [5.74, 6) is 0.914. The molecule has 2 unspecified atom stereocenters. The molecule has 21 heavy (non-hydrogen) atoms. The first kappa shape index (κ1) is 15.1. The Balaban J connectivity index is 1.63. The van der Waals surface area contributed by atoms with Crippen molar-refractivity contribution in [2.24, 2.45) is 5.92 Å². The molecule has 3 rings (SSSR count). The van der Waals surface area contributed by atoms with Crippen LogP contribution >= 0.6 is 0 Å². The van der Waals surface area contributed by atoms with Crippen LogP contribution < -0.4 is 5.32 Å². The van der Waals surface area contributed by atoms with Crippen LogP contribution in [0.15, 0.2) is 24.3 Å². The Morgan fingerprint density at radius 1 is 1.33 bits per heavy atom. The second-order valence-electron chi connectivity index (χ2n) is 7.34. The lowest BCUT2D eigenvalue weighted by Crippen LogP contribution is -2.64. The molecule has 2 fully saturated rings. The molecule has 1 aromatic carbocycles. The van der Waals surface area contributed by atoms with Crippen molar-refractivity contribution >= 4 is 0 Å². The van der Waals surface area contributed by atoms with Gasteiger partial charge in [0.1, 0.15) is 0 Å². The normalized spacial score (nSPS) is 30.5. The van der Waals surface area contributed by atoms with Crippen molar-refractivity contribution in [3.05, 3.63) is 35.4 Å². The van der Waals surface area contributed by atoms with Crippen molar-refractivity contribution in [3.8, 4) is 0 Å². The number of hydrogen-bond donors (Lipinski definition) is 1. The largest absolute Gasteiger partial charge is 0.308 e. The van der Waals surface area contributed by atoms with E-state index >= 15 is 0 Å². The smallest absolute Gasteiger partial charge is 0.0309 e. The van der Waals surface area contributed by atoms with E-state index in [1.54, 1.807) is 0 Å². The zero-order chi connectivity index (χ0) is 14.9. The van der Waals surface area contributed by atoms with Gasteiger partial charge in [-0.2, -0.15) is 0 Å². The highest BCUT2D eigenvalue weighted by Gasteiger charge is 2.45.